The summed E-state index contributed by atoms with van der Waals surface area (Å²) in [6.07, 6.45) is 10.6. The number of pyridine rings is 1. The third-order valence-electron chi connectivity index (χ3n) is 4.43. The van der Waals surface area contributed by atoms with E-state index in [1.54, 1.807) is 18.5 Å². The predicted molar refractivity (Wildman–Crippen MR) is 114 cm³/mol. The molecule has 29 heavy (non-hydrogen) atoms. The molecule has 0 aliphatic carbocycles. The summed E-state index contributed by atoms with van der Waals surface area (Å²) in [5.74, 6) is 2.83. The average molecular weight is 382 g/mol. The third kappa shape index (κ3) is 3.94. The number of carbonyl (C=O) groups is 1. The summed E-state index contributed by atoms with van der Waals surface area (Å²) in [4.78, 5) is 16.4. The highest BCUT2D eigenvalue weighted by molar-refractivity contribution is 5.99. The number of aromatic nitrogens is 2. The maximum atomic E-state index is 12.1. The zero-order chi connectivity index (χ0) is 20.1. The fourth-order valence-corrected chi connectivity index (χ4v) is 3.15. The van der Waals surface area contributed by atoms with Crippen LogP contribution in [0.15, 0.2) is 72.1 Å². The molecular weight excluding hydrogens is 364 g/mol. The number of rotatable bonds is 6. The van der Waals surface area contributed by atoms with Gasteiger partial charge in [0.25, 0.3) is 5.91 Å². The summed E-state index contributed by atoms with van der Waals surface area (Å²) < 4.78 is 7.58. The van der Waals surface area contributed by atoms with Crippen molar-refractivity contribution < 1.29 is 9.53 Å². The lowest BCUT2D eigenvalue weighted by molar-refractivity contribution is -0.123. The zero-order valence-corrected chi connectivity index (χ0v) is 15.6. The number of hydrogen-bond donors (Lipinski definition) is 1. The number of fused-ring (bicyclic) bond motifs is 2. The molecule has 142 valence electrons. The van der Waals surface area contributed by atoms with Gasteiger partial charge < -0.3 is 9.30 Å². The van der Waals surface area contributed by atoms with Gasteiger partial charge in [0, 0.05) is 34.2 Å². The molecule has 4 rings (SSSR count). The Balaban J connectivity index is 1.42. The first-order valence-corrected chi connectivity index (χ1v) is 9.06. The van der Waals surface area contributed by atoms with Gasteiger partial charge in [0.05, 0.1) is 12.8 Å². The molecule has 0 fully saturated rings. The lowest BCUT2D eigenvalue weighted by atomic mass is 10.2. The van der Waals surface area contributed by atoms with E-state index < -0.39 is 0 Å². The molecule has 0 saturated heterocycles. The molecule has 1 N–H and O–H groups in total. The van der Waals surface area contributed by atoms with Crippen molar-refractivity contribution in [3.8, 4) is 18.1 Å². The van der Waals surface area contributed by atoms with E-state index in [4.69, 9.17) is 11.2 Å². The van der Waals surface area contributed by atoms with Gasteiger partial charge in [0.1, 0.15) is 11.3 Å². The maximum Gasteiger partial charge on any atom is 0.277 e. The number of nitrogens with one attached hydrogen (secondary N) is 1. The van der Waals surface area contributed by atoms with Crippen molar-refractivity contribution >= 4 is 33.9 Å². The quantitative estimate of drug-likeness (QED) is 0.316. The molecule has 2 aromatic carbocycles. The molecule has 0 aliphatic heterocycles. The third-order valence-corrected chi connectivity index (χ3v) is 4.43. The number of terminal acetylenes is 1. The van der Waals surface area contributed by atoms with E-state index in [0.717, 1.165) is 21.9 Å². The van der Waals surface area contributed by atoms with Gasteiger partial charge >= 0.3 is 0 Å². The van der Waals surface area contributed by atoms with Crippen LogP contribution in [0, 0.1) is 12.3 Å². The first-order valence-electron chi connectivity index (χ1n) is 9.06. The zero-order valence-electron chi connectivity index (χ0n) is 15.6. The van der Waals surface area contributed by atoms with Gasteiger partial charge in [-0.05, 0) is 18.2 Å². The SMILES string of the molecule is C#CCn1cc(/C=N\NC(=O)COc2cccc3cccnc23)c2ccccc21. The van der Waals surface area contributed by atoms with Crippen LogP contribution < -0.4 is 10.2 Å². The van der Waals surface area contributed by atoms with Crippen LogP contribution in [-0.2, 0) is 11.3 Å². The smallest absolute Gasteiger partial charge is 0.277 e. The van der Waals surface area contributed by atoms with Gasteiger partial charge in [0.2, 0.25) is 0 Å². The molecule has 6 heteroatoms. The molecule has 1 amide bonds. The molecule has 0 radical (unpaired) electrons. The number of carbonyl (C=O) groups excluding carboxylic acids is 1. The second-order valence-corrected chi connectivity index (χ2v) is 6.35. The normalized spacial score (nSPS) is 11.0. The summed E-state index contributed by atoms with van der Waals surface area (Å²) in [6.45, 7) is 0.305. The van der Waals surface area contributed by atoms with Crippen molar-refractivity contribution in [2.75, 3.05) is 6.61 Å². The highest BCUT2D eigenvalue weighted by atomic mass is 16.5. The minimum atomic E-state index is -0.360. The Labute approximate surface area is 167 Å². The van der Waals surface area contributed by atoms with Crippen LogP contribution in [0.5, 0.6) is 5.75 Å². The van der Waals surface area contributed by atoms with Crippen LogP contribution in [0.4, 0.5) is 0 Å². The van der Waals surface area contributed by atoms with Crippen molar-refractivity contribution in [2.24, 2.45) is 5.10 Å². The van der Waals surface area contributed by atoms with Gasteiger partial charge in [-0.15, -0.1) is 6.42 Å². The minimum Gasteiger partial charge on any atom is -0.481 e. The standard InChI is InChI=1S/C23H18N4O2/c1-2-13-27-15-18(19-9-3-4-10-20(19)27)14-25-26-22(28)16-29-21-11-5-7-17-8-6-12-24-23(17)21/h1,3-12,14-15H,13,16H2,(H,26,28)/b25-14-. The first kappa shape index (κ1) is 18.3. The Morgan fingerprint density at radius 2 is 2.07 bits per heavy atom. The largest absolute Gasteiger partial charge is 0.481 e. The Bertz CT molecular complexity index is 1250. The van der Waals surface area contributed by atoms with Crippen LogP contribution in [0.1, 0.15) is 5.56 Å². The number of hydrazone groups is 1. The molecule has 6 nitrogen and oxygen atoms in total. The van der Waals surface area contributed by atoms with E-state index in [-0.39, 0.29) is 12.5 Å². The number of nitrogens with zero attached hydrogens (tertiary/aromatic N) is 3. The van der Waals surface area contributed by atoms with Crippen LogP contribution in [0.25, 0.3) is 21.8 Å². The van der Waals surface area contributed by atoms with E-state index in [1.807, 2.05) is 59.3 Å². The molecule has 0 aliphatic rings. The van der Waals surface area contributed by atoms with Crippen LogP contribution in [0.2, 0.25) is 0 Å². The maximum absolute atomic E-state index is 12.1. The highest BCUT2D eigenvalue weighted by Gasteiger charge is 2.07. The van der Waals surface area contributed by atoms with E-state index in [2.05, 4.69) is 21.4 Å². The van der Waals surface area contributed by atoms with E-state index in [0.29, 0.717) is 17.8 Å². The first-order chi connectivity index (χ1) is 14.3. The summed E-state index contributed by atoms with van der Waals surface area (Å²) in [5.41, 5.74) is 5.10. The van der Waals surface area contributed by atoms with E-state index in [1.165, 1.54) is 0 Å². The fourth-order valence-electron chi connectivity index (χ4n) is 3.15. The number of amides is 1. The Morgan fingerprint density at radius 1 is 1.21 bits per heavy atom. The van der Waals surface area contributed by atoms with Crippen LogP contribution in [-0.4, -0.2) is 28.3 Å². The lowest BCUT2D eigenvalue weighted by Crippen LogP contribution is -2.24. The summed E-state index contributed by atoms with van der Waals surface area (Å²) in [5, 5.41) is 6.02. The Kier molecular flexibility index (Phi) is 5.21. The molecule has 0 unspecified atom stereocenters. The fraction of sp³-hybridized carbons (Fsp3) is 0.0870. The highest BCUT2D eigenvalue weighted by Crippen LogP contribution is 2.23. The van der Waals surface area contributed by atoms with Crippen molar-refractivity contribution in [1.29, 1.82) is 0 Å². The number of ether oxygens (including phenoxy) is 1. The second kappa shape index (κ2) is 8.28. The van der Waals surface area contributed by atoms with Crippen LogP contribution in [0.3, 0.4) is 0 Å². The number of para-hydroxylation sites is 2. The molecule has 0 saturated carbocycles. The topological polar surface area (TPSA) is 68.5 Å². The molecule has 0 atom stereocenters. The van der Waals surface area contributed by atoms with Crippen molar-refractivity contribution in [1.82, 2.24) is 15.0 Å². The monoisotopic (exact) mass is 382 g/mol. The second-order valence-electron chi connectivity index (χ2n) is 6.35. The molecule has 0 bridgehead atoms. The summed E-state index contributed by atoms with van der Waals surface area (Å²) in [6, 6.07) is 17.3. The van der Waals surface area contributed by atoms with Gasteiger partial charge in [-0.2, -0.15) is 5.10 Å². The molecule has 2 heterocycles. The van der Waals surface area contributed by atoms with Gasteiger partial charge in [-0.3, -0.25) is 9.78 Å². The molecule has 2 aromatic heterocycles. The van der Waals surface area contributed by atoms with Crippen molar-refractivity contribution in [2.45, 2.75) is 6.54 Å². The number of hydrogen-bond acceptors (Lipinski definition) is 4. The number of benzene rings is 2. The predicted octanol–water partition coefficient (Wildman–Crippen LogP) is 3.35. The van der Waals surface area contributed by atoms with Crippen molar-refractivity contribution in [3.63, 3.8) is 0 Å². The Hall–Kier alpha value is -4.11. The Morgan fingerprint density at radius 3 is 2.97 bits per heavy atom. The van der Waals surface area contributed by atoms with Crippen LogP contribution >= 0.6 is 0 Å². The molecule has 4 aromatic rings. The van der Waals surface area contributed by atoms with Gasteiger partial charge in [-0.25, -0.2) is 5.43 Å². The van der Waals surface area contributed by atoms with E-state index >= 15 is 0 Å². The summed E-state index contributed by atoms with van der Waals surface area (Å²) in [7, 11) is 0. The van der Waals surface area contributed by atoms with E-state index in [9.17, 15) is 4.79 Å². The lowest BCUT2D eigenvalue weighted by Gasteiger charge is -2.07. The molecular formula is C23H18N4O2. The summed E-state index contributed by atoms with van der Waals surface area (Å²) >= 11 is 0. The van der Waals surface area contributed by atoms with Gasteiger partial charge in [-0.1, -0.05) is 42.3 Å². The van der Waals surface area contributed by atoms with Gasteiger partial charge in [0.15, 0.2) is 6.61 Å². The minimum absolute atomic E-state index is 0.161. The molecule has 0 spiro atoms. The van der Waals surface area contributed by atoms with Crippen molar-refractivity contribution in [3.05, 3.63) is 72.6 Å². The average Bonchev–Trinajstić information content (AvgIpc) is 3.10.